The van der Waals surface area contributed by atoms with Crippen LogP contribution in [0, 0.1) is 0 Å². The number of rotatable bonds is 4. The van der Waals surface area contributed by atoms with Crippen molar-refractivity contribution in [1.29, 1.82) is 0 Å². The fourth-order valence-corrected chi connectivity index (χ4v) is 2.03. The fraction of sp³-hybridized carbons (Fsp3) is 0.667. The van der Waals surface area contributed by atoms with Gasteiger partial charge in [-0.3, -0.25) is 4.98 Å². The van der Waals surface area contributed by atoms with Crippen LogP contribution in [-0.4, -0.2) is 23.1 Å². The highest BCUT2D eigenvalue weighted by atomic mass is 16.5. The average molecular weight is 221 g/mol. The van der Waals surface area contributed by atoms with Gasteiger partial charge in [-0.05, 0) is 32.7 Å². The second kappa shape index (κ2) is 5.80. The molecule has 1 N–H and O–H groups in total. The van der Waals surface area contributed by atoms with Crippen LogP contribution in [0.5, 0.6) is 5.88 Å². The van der Waals surface area contributed by atoms with E-state index in [2.05, 4.69) is 15.3 Å². The first-order chi connectivity index (χ1) is 7.88. The molecule has 88 valence electrons. The van der Waals surface area contributed by atoms with E-state index in [0.29, 0.717) is 12.0 Å². The maximum Gasteiger partial charge on any atom is 0.232 e. The molecule has 1 fully saturated rings. The van der Waals surface area contributed by atoms with Crippen molar-refractivity contribution in [2.24, 2.45) is 0 Å². The first kappa shape index (κ1) is 11.3. The van der Waals surface area contributed by atoms with E-state index in [0.717, 1.165) is 25.1 Å². The summed E-state index contributed by atoms with van der Waals surface area (Å²) in [5, 5.41) is 3.04. The molecule has 1 aromatic heterocycles. The number of aromatic nitrogens is 2. The third kappa shape index (κ3) is 3.17. The van der Waals surface area contributed by atoms with Crippen LogP contribution in [0.25, 0.3) is 0 Å². The van der Waals surface area contributed by atoms with Crippen molar-refractivity contribution < 1.29 is 4.74 Å². The predicted molar refractivity (Wildman–Crippen MR) is 62.3 cm³/mol. The molecule has 2 rings (SSSR count). The van der Waals surface area contributed by atoms with Gasteiger partial charge in [-0.25, -0.2) is 4.98 Å². The molecule has 0 aliphatic heterocycles. The molecule has 0 bridgehead atoms. The molecule has 1 aliphatic carbocycles. The van der Waals surface area contributed by atoms with Crippen molar-refractivity contribution in [3.8, 4) is 5.88 Å². The number of nitrogens with one attached hydrogen (secondary N) is 1. The Kier molecular flexibility index (Phi) is 4.10. The molecule has 1 aromatic rings. The van der Waals surface area contributed by atoms with Gasteiger partial charge in [0.25, 0.3) is 0 Å². The summed E-state index contributed by atoms with van der Waals surface area (Å²) in [5.74, 6) is 0.659. The number of hydrogen-bond acceptors (Lipinski definition) is 4. The van der Waals surface area contributed by atoms with Gasteiger partial charge in [0.2, 0.25) is 5.88 Å². The Morgan fingerprint density at radius 1 is 1.25 bits per heavy atom. The Balaban J connectivity index is 1.88. The minimum absolute atomic E-state index is 0.346. The molecule has 16 heavy (non-hydrogen) atoms. The molecule has 1 heterocycles. The maximum atomic E-state index is 5.79. The van der Waals surface area contributed by atoms with Gasteiger partial charge in [0.1, 0.15) is 6.10 Å². The summed E-state index contributed by atoms with van der Waals surface area (Å²) in [6.07, 6.45) is 10.0. The normalized spacial score (nSPS) is 17.3. The smallest absolute Gasteiger partial charge is 0.232 e. The fourth-order valence-electron chi connectivity index (χ4n) is 2.03. The van der Waals surface area contributed by atoms with E-state index in [1.807, 2.05) is 7.05 Å². The lowest BCUT2D eigenvalue weighted by Gasteiger charge is -2.22. The van der Waals surface area contributed by atoms with E-state index in [1.54, 1.807) is 12.4 Å². The van der Waals surface area contributed by atoms with E-state index in [4.69, 9.17) is 4.74 Å². The van der Waals surface area contributed by atoms with Gasteiger partial charge < -0.3 is 10.1 Å². The van der Waals surface area contributed by atoms with Crippen LogP contribution in [-0.2, 0) is 6.54 Å². The quantitative estimate of drug-likeness (QED) is 0.843. The standard InChI is InChI=1S/C12H19N3O/c1-13-7-10-8-15-12(9-14-10)16-11-5-3-2-4-6-11/h8-9,11,13H,2-7H2,1H3. The zero-order valence-corrected chi connectivity index (χ0v) is 9.78. The summed E-state index contributed by atoms with van der Waals surface area (Å²) >= 11 is 0. The van der Waals surface area contributed by atoms with E-state index in [1.165, 1.54) is 19.3 Å². The van der Waals surface area contributed by atoms with Crippen molar-refractivity contribution >= 4 is 0 Å². The topological polar surface area (TPSA) is 47.0 Å². The molecular weight excluding hydrogens is 202 g/mol. The molecular formula is C12H19N3O. The summed E-state index contributed by atoms with van der Waals surface area (Å²) in [7, 11) is 1.90. The van der Waals surface area contributed by atoms with E-state index in [-0.39, 0.29) is 0 Å². The van der Waals surface area contributed by atoms with Crippen molar-refractivity contribution in [2.75, 3.05) is 7.05 Å². The molecule has 0 spiro atoms. The third-order valence-corrected chi connectivity index (χ3v) is 2.88. The average Bonchev–Trinajstić information content (AvgIpc) is 2.33. The highest BCUT2D eigenvalue weighted by molar-refractivity contribution is 5.07. The molecule has 0 unspecified atom stereocenters. The van der Waals surface area contributed by atoms with Crippen LogP contribution < -0.4 is 10.1 Å². The zero-order chi connectivity index (χ0) is 11.2. The molecule has 4 heteroatoms. The maximum absolute atomic E-state index is 5.79. The van der Waals surface area contributed by atoms with Crippen molar-refractivity contribution in [1.82, 2.24) is 15.3 Å². The van der Waals surface area contributed by atoms with Crippen LogP contribution in [0.4, 0.5) is 0 Å². The zero-order valence-electron chi connectivity index (χ0n) is 9.78. The molecule has 1 aliphatic rings. The van der Waals surface area contributed by atoms with Crippen LogP contribution in [0.15, 0.2) is 12.4 Å². The molecule has 0 amide bonds. The molecule has 1 saturated carbocycles. The highest BCUT2D eigenvalue weighted by Gasteiger charge is 2.15. The van der Waals surface area contributed by atoms with Crippen LogP contribution >= 0.6 is 0 Å². The van der Waals surface area contributed by atoms with Gasteiger partial charge in [-0.2, -0.15) is 0 Å². The van der Waals surface area contributed by atoms with Gasteiger partial charge in [0.15, 0.2) is 0 Å². The van der Waals surface area contributed by atoms with Crippen molar-refractivity contribution in [2.45, 2.75) is 44.8 Å². The van der Waals surface area contributed by atoms with Crippen molar-refractivity contribution in [3.05, 3.63) is 18.1 Å². The molecule has 0 saturated heterocycles. The molecule has 4 nitrogen and oxygen atoms in total. The Hall–Kier alpha value is -1.16. The van der Waals surface area contributed by atoms with E-state index < -0.39 is 0 Å². The molecule has 0 atom stereocenters. The first-order valence-electron chi connectivity index (χ1n) is 6.00. The van der Waals surface area contributed by atoms with Gasteiger partial charge in [0, 0.05) is 6.54 Å². The minimum atomic E-state index is 0.346. The van der Waals surface area contributed by atoms with E-state index in [9.17, 15) is 0 Å². The summed E-state index contributed by atoms with van der Waals surface area (Å²) < 4.78 is 5.79. The molecule has 0 aromatic carbocycles. The lowest BCUT2D eigenvalue weighted by molar-refractivity contribution is 0.148. The third-order valence-electron chi connectivity index (χ3n) is 2.88. The summed E-state index contributed by atoms with van der Waals surface area (Å²) in [4.78, 5) is 8.55. The Bertz CT molecular complexity index is 307. The second-order valence-corrected chi connectivity index (χ2v) is 4.25. The Morgan fingerprint density at radius 3 is 2.69 bits per heavy atom. The minimum Gasteiger partial charge on any atom is -0.473 e. The lowest BCUT2D eigenvalue weighted by atomic mass is 9.98. The van der Waals surface area contributed by atoms with E-state index >= 15 is 0 Å². The molecule has 0 radical (unpaired) electrons. The summed E-state index contributed by atoms with van der Waals surface area (Å²) in [6, 6.07) is 0. The SMILES string of the molecule is CNCc1cnc(OC2CCCCC2)cn1. The number of hydrogen-bond donors (Lipinski definition) is 1. The van der Waals surface area contributed by atoms with Crippen LogP contribution in [0.1, 0.15) is 37.8 Å². The number of ether oxygens (including phenoxy) is 1. The monoisotopic (exact) mass is 221 g/mol. The second-order valence-electron chi connectivity index (χ2n) is 4.25. The van der Waals surface area contributed by atoms with Crippen LogP contribution in [0.3, 0.4) is 0 Å². The van der Waals surface area contributed by atoms with Gasteiger partial charge >= 0.3 is 0 Å². The van der Waals surface area contributed by atoms with Gasteiger partial charge in [-0.1, -0.05) is 6.42 Å². The highest BCUT2D eigenvalue weighted by Crippen LogP contribution is 2.21. The van der Waals surface area contributed by atoms with Gasteiger partial charge in [0.05, 0.1) is 18.1 Å². The summed E-state index contributed by atoms with van der Waals surface area (Å²) in [5.41, 5.74) is 0.943. The largest absolute Gasteiger partial charge is 0.473 e. The van der Waals surface area contributed by atoms with Gasteiger partial charge in [-0.15, -0.1) is 0 Å². The Labute approximate surface area is 96.4 Å². The first-order valence-corrected chi connectivity index (χ1v) is 6.00. The predicted octanol–water partition coefficient (Wildman–Crippen LogP) is 1.91. The van der Waals surface area contributed by atoms with Crippen molar-refractivity contribution in [3.63, 3.8) is 0 Å². The van der Waals surface area contributed by atoms with Crippen LogP contribution in [0.2, 0.25) is 0 Å². The number of nitrogens with zero attached hydrogens (tertiary/aromatic N) is 2. The summed E-state index contributed by atoms with van der Waals surface area (Å²) in [6.45, 7) is 0.747. The lowest BCUT2D eigenvalue weighted by Crippen LogP contribution is -2.20. The Morgan fingerprint density at radius 2 is 2.06 bits per heavy atom.